The number of anilines is 1. The third-order valence-electron chi connectivity index (χ3n) is 5.72. The number of hydrogen-bond donors (Lipinski definition) is 1. The van der Waals surface area contributed by atoms with Crippen LogP contribution in [0.15, 0.2) is 42.7 Å². The molecule has 0 saturated heterocycles. The first-order valence-electron chi connectivity index (χ1n) is 10.1. The molecule has 154 valence electrons. The Balaban J connectivity index is 1.55. The van der Waals surface area contributed by atoms with Gasteiger partial charge in [0.25, 0.3) is 0 Å². The number of aryl methyl sites for hydroxylation is 1. The standard InChI is InChI=1S/C24H20FN5O/c1-14-13-30-23(29-14)20(17-5-3-4-16(10-26)15(17)2)12-28-24(30)27-11-19-18-8-9-31-22(18)7-6-21(19)25/h3-7,12-13H,8-9,11H2,1-2H3,(H,27,28). The number of nitrogens with zero attached hydrogens (tertiary/aromatic N) is 4. The fourth-order valence-corrected chi connectivity index (χ4v) is 4.14. The Morgan fingerprint density at radius 1 is 1.23 bits per heavy atom. The van der Waals surface area contributed by atoms with Crippen LogP contribution in [0.1, 0.15) is 27.9 Å². The molecule has 0 spiro atoms. The van der Waals surface area contributed by atoms with E-state index in [4.69, 9.17) is 4.74 Å². The van der Waals surface area contributed by atoms with Crippen LogP contribution in [0.4, 0.5) is 10.3 Å². The number of fused-ring (bicyclic) bond motifs is 2. The second kappa shape index (κ2) is 7.40. The molecule has 0 atom stereocenters. The normalized spacial score (nSPS) is 12.5. The molecule has 6 nitrogen and oxygen atoms in total. The summed E-state index contributed by atoms with van der Waals surface area (Å²) in [5, 5.41) is 12.7. The lowest BCUT2D eigenvalue weighted by molar-refractivity contribution is 0.356. The summed E-state index contributed by atoms with van der Waals surface area (Å²) in [6.07, 6.45) is 4.35. The fraction of sp³-hybridized carbons (Fsp3) is 0.208. The van der Waals surface area contributed by atoms with Gasteiger partial charge in [-0.3, -0.25) is 4.40 Å². The van der Waals surface area contributed by atoms with Crippen molar-refractivity contribution >= 4 is 11.6 Å². The van der Waals surface area contributed by atoms with Gasteiger partial charge in [-0.05, 0) is 43.2 Å². The highest BCUT2D eigenvalue weighted by Gasteiger charge is 2.20. The van der Waals surface area contributed by atoms with Gasteiger partial charge in [-0.25, -0.2) is 14.4 Å². The van der Waals surface area contributed by atoms with Crippen molar-refractivity contribution in [3.8, 4) is 22.9 Å². The molecule has 0 unspecified atom stereocenters. The summed E-state index contributed by atoms with van der Waals surface area (Å²) in [4.78, 5) is 9.29. The summed E-state index contributed by atoms with van der Waals surface area (Å²) in [6.45, 7) is 4.71. The Morgan fingerprint density at radius 3 is 2.94 bits per heavy atom. The average molecular weight is 413 g/mol. The van der Waals surface area contributed by atoms with E-state index in [0.717, 1.165) is 39.3 Å². The molecular formula is C24H20FN5O. The number of hydrogen-bond acceptors (Lipinski definition) is 5. The minimum absolute atomic E-state index is 0.254. The molecule has 1 aliphatic heterocycles. The quantitative estimate of drug-likeness (QED) is 0.530. The van der Waals surface area contributed by atoms with Crippen LogP contribution in [0.5, 0.6) is 5.75 Å². The van der Waals surface area contributed by atoms with Gasteiger partial charge in [-0.1, -0.05) is 12.1 Å². The first-order chi connectivity index (χ1) is 15.1. The summed E-state index contributed by atoms with van der Waals surface area (Å²) < 4.78 is 21.9. The predicted octanol–water partition coefficient (Wildman–Crippen LogP) is 4.57. The van der Waals surface area contributed by atoms with E-state index in [-0.39, 0.29) is 5.82 Å². The van der Waals surface area contributed by atoms with E-state index in [0.29, 0.717) is 36.6 Å². The highest BCUT2D eigenvalue weighted by molar-refractivity contribution is 5.81. The second-order valence-electron chi connectivity index (χ2n) is 7.62. The monoisotopic (exact) mass is 413 g/mol. The fourth-order valence-electron chi connectivity index (χ4n) is 4.14. The highest BCUT2D eigenvalue weighted by atomic mass is 19.1. The van der Waals surface area contributed by atoms with Crippen LogP contribution in [0.25, 0.3) is 16.8 Å². The van der Waals surface area contributed by atoms with Crippen LogP contribution >= 0.6 is 0 Å². The molecule has 1 aliphatic rings. The number of benzene rings is 2. The third kappa shape index (κ3) is 3.17. The van der Waals surface area contributed by atoms with Gasteiger partial charge >= 0.3 is 0 Å². The lowest BCUT2D eigenvalue weighted by atomic mass is 9.98. The number of nitrogens with one attached hydrogen (secondary N) is 1. The molecule has 0 radical (unpaired) electrons. The summed E-state index contributed by atoms with van der Waals surface area (Å²) in [6, 6.07) is 11.0. The van der Waals surface area contributed by atoms with Gasteiger partial charge in [0, 0.05) is 42.0 Å². The maximum absolute atomic E-state index is 14.5. The molecule has 4 aromatic rings. The third-order valence-corrected chi connectivity index (χ3v) is 5.72. The molecule has 1 N–H and O–H groups in total. The van der Waals surface area contributed by atoms with E-state index in [9.17, 15) is 9.65 Å². The van der Waals surface area contributed by atoms with Crippen molar-refractivity contribution in [1.29, 1.82) is 5.26 Å². The van der Waals surface area contributed by atoms with Crippen molar-refractivity contribution in [3.63, 3.8) is 0 Å². The topological polar surface area (TPSA) is 75.2 Å². The van der Waals surface area contributed by atoms with Crippen molar-refractivity contribution in [1.82, 2.24) is 14.4 Å². The smallest absolute Gasteiger partial charge is 0.208 e. The number of nitriles is 1. The van der Waals surface area contributed by atoms with E-state index in [1.165, 1.54) is 6.07 Å². The van der Waals surface area contributed by atoms with Crippen molar-refractivity contribution in [3.05, 3.63) is 76.5 Å². The zero-order valence-electron chi connectivity index (χ0n) is 17.2. The minimum atomic E-state index is -0.254. The van der Waals surface area contributed by atoms with E-state index in [2.05, 4.69) is 21.4 Å². The minimum Gasteiger partial charge on any atom is -0.493 e. The van der Waals surface area contributed by atoms with Gasteiger partial charge in [0.1, 0.15) is 17.2 Å². The molecule has 31 heavy (non-hydrogen) atoms. The van der Waals surface area contributed by atoms with Gasteiger partial charge in [-0.2, -0.15) is 5.26 Å². The molecule has 0 bridgehead atoms. The van der Waals surface area contributed by atoms with E-state index < -0.39 is 0 Å². The van der Waals surface area contributed by atoms with Crippen LogP contribution in [-0.4, -0.2) is 21.0 Å². The van der Waals surface area contributed by atoms with Crippen LogP contribution in [0.3, 0.4) is 0 Å². The molecule has 2 aromatic heterocycles. The largest absolute Gasteiger partial charge is 0.493 e. The zero-order chi connectivity index (χ0) is 21.5. The zero-order valence-corrected chi connectivity index (χ0v) is 17.2. The van der Waals surface area contributed by atoms with Gasteiger partial charge < -0.3 is 10.1 Å². The number of imidazole rings is 1. The SMILES string of the molecule is Cc1cn2c(NCc3c(F)ccc4c3CCO4)ncc(-c3cccc(C#N)c3C)c2n1. The lowest BCUT2D eigenvalue weighted by Gasteiger charge is -2.14. The van der Waals surface area contributed by atoms with E-state index >= 15 is 0 Å². The first-order valence-corrected chi connectivity index (χ1v) is 10.1. The predicted molar refractivity (Wildman–Crippen MR) is 116 cm³/mol. The summed E-state index contributed by atoms with van der Waals surface area (Å²) in [5.74, 6) is 1.07. The van der Waals surface area contributed by atoms with Crippen LogP contribution in [0.2, 0.25) is 0 Å². The average Bonchev–Trinajstić information content (AvgIpc) is 3.39. The Labute approximate surface area is 179 Å². The molecule has 0 aliphatic carbocycles. The Morgan fingerprint density at radius 2 is 2.10 bits per heavy atom. The van der Waals surface area contributed by atoms with Crippen LogP contribution in [0, 0.1) is 31.0 Å². The van der Waals surface area contributed by atoms with E-state index in [1.807, 2.05) is 36.6 Å². The summed E-state index contributed by atoms with van der Waals surface area (Å²) >= 11 is 0. The first kappa shape index (κ1) is 19.1. The number of aromatic nitrogens is 3. The highest BCUT2D eigenvalue weighted by Crippen LogP contribution is 2.32. The van der Waals surface area contributed by atoms with Gasteiger partial charge in [0.05, 0.1) is 23.9 Å². The van der Waals surface area contributed by atoms with Crippen molar-refractivity contribution < 1.29 is 9.13 Å². The number of halogens is 1. The molecule has 3 heterocycles. The number of ether oxygens (including phenoxy) is 1. The molecular weight excluding hydrogens is 393 g/mol. The molecule has 0 saturated carbocycles. The van der Waals surface area contributed by atoms with Gasteiger partial charge in [0.15, 0.2) is 0 Å². The Hall–Kier alpha value is -3.92. The van der Waals surface area contributed by atoms with Crippen molar-refractivity contribution in [2.75, 3.05) is 11.9 Å². The maximum Gasteiger partial charge on any atom is 0.208 e. The Kier molecular flexibility index (Phi) is 4.55. The summed E-state index contributed by atoms with van der Waals surface area (Å²) in [5.41, 5.74) is 6.34. The lowest BCUT2D eigenvalue weighted by Crippen LogP contribution is -2.10. The maximum atomic E-state index is 14.5. The molecule has 0 fully saturated rings. The van der Waals surface area contributed by atoms with E-state index in [1.54, 1.807) is 18.3 Å². The molecule has 7 heteroatoms. The second-order valence-corrected chi connectivity index (χ2v) is 7.62. The van der Waals surface area contributed by atoms with Crippen LogP contribution < -0.4 is 10.1 Å². The molecule has 2 aromatic carbocycles. The van der Waals surface area contributed by atoms with Gasteiger partial charge in [0.2, 0.25) is 5.95 Å². The van der Waals surface area contributed by atoms with Gasteiger partial charge in [-0.15, -0.1) is 0 Å². The molecule has 5 rings (SSSR count). The molecule has 0 amide bonds. The number of rotatable bonds is 4. The van der Waals surface area contributed by atoms with Crippen LogP contribution in [-0.2, 0) is 13.0 Å². The summed E-state index contributed by atoms with van der Waals surface area (Å²) in [7, 11) is 0. The Bertz CT molecular complexity index is 1370. The van der Waals surface area contributed by atoms with Crippen molar-refractivity contribution in [2.45, 2.75) is 26.8 Å². The van der Waals surface area contributed by atoms with Crippen molar-refractivity contribution in [2.24, 2.45) is 0 Å².